The molecule has 0 unspecified atom stereocenters. The molecular formula is C22H20ClN3O2S. The van der Waals surface area contributed by atoms with E-state index in [4.69, 9.17) is 21.7 Å². The Balaban J connectivity index is 1.62. The quantitative estimate of drug-likeness (QED) is 0.506. The van der Waals surface area contributed by atoms with Crippen molar-refractivity contribution in [3.63, 3.8) is 0 Å². The lowest BCUT2D eigenvalue weighted by atomic mass is 10.2. The SMILES string of the molecule is CCCOc1ccccc1N1CC(O)=C(c2nc(-c3ccc(Cl)cc3)cs2)C1=N. The minimum absolute atomic E-state index is 0.136. The van der Waals surface area contributed by atoms with Crippen LogP contribution in [0.3, 0.4) is 0 Å². The van der Waals surface area contributed by atoms with Gasteiger partial charge in [0, 0.05) is 16.0 Å². The largest absolute Gasteiger partial charge is 0.510 e. The van der Waals surface area contributed by atoms with Crippen LogP contribution in [0.15, 0.2) is 59.7 Å². The fourth-order valence-corrected chi connectivity index (χ4v) is 4.19. The van der Waals surface area contributed by atoms with Crippen molar-refractivity contribution in [1.82, 2.24) is 4.98 Å². The molecule has 148 valence electrons. The Morgan fingerprint density at radius 2 is 1.97 bits per heavy atom. The van der Waals surface area contributed by atoms with Gasteiger partial charge < -0.3 is 14.7 Å². The number of benzene rings is 2. The maximum absolute atomic E-state index is 10.6. The van der Waals surface area contributed by atoms with E-state index in [1.54, 1.807) is 4.90 Å². The lowest BCUT2D eigenvalue weighted by Crippen LogP contribution is -2.26. The summed E-state index contributed by atoms with van der Waals surface area (Å²) in [6, 6.07) is 15.0. The smallest absolute Gasteiger partial charge is 0.142 e. The predicted molar refractivity (Wildman–Crippen MR) is 119 cm³/mol. The van der Waals surface area contributed by atoms with Crippen molar-refractivity contribution in [2.24, 2.45) is 0 Å². The summed E-state index contributed by atoms with van der Waals surface area (Å²) < 4.78 is 5.83. The number of aromatic nitrogens is 1. The minimum atomic E-state index is 0.136. The lowest BCUT2D eigenvalue weighted by Gasteiger charge is -2.21. The molecule has 7 heteroatoms. The third-order valence-corrected chi connectivity index (χ3v) is 5.69. The minimum Gasteiger partial charge on any atom is -0.510 e. The highest BCUT2D eigenvalue weighted by molar-refractivity contribution is 7.11. The number of nitrogens with zero attached hydrogens (tertiary/aromatic N) is 2. The van der Waals surface area contributed by atoms with E-state index in [2.05, 4.69) is 4.98 Å². The molecule has 5 nitrogen and oxygen atoms in total. The Kier molecular flexibility index (Phi) is 5.56. The van der Waals surface area contributed by atoms with E-state index in [1.807, 2.05) is 60.8 Å². The molecule has 0 atom stereocenters. The molecule has 0 aliphatic carbocycles. The average Bonchev–Trinajstić information content (AvgIpc) is 3.31. The van der Waals surface area contributed by atoms with Crippen LogP contribution in [0.4, 0.5) is 5.69 Å². The van der Waals surface area contributed by atoms with Crippen LogP contribution in [-0.2, 0) is 0 Å². The van der Waals surface area contributed by atoms with Crippen LogP contribution >= 0.6 is 22.9 Å². The molecule has 1 aliphatic heterocycles. The average molecular weight is 426 g/mol. The van der Waals surface area contributed by atoms with Gasteiger partial charge in [0.1, 0.15) is 22.4 Å². The maximum atomic E-state index is 10.6. The first-order chi connectivity index (χ1) is 14.1. The number of thiazole rings is 1. The lowest BCUT2D eigenvalue weighted by molar-refractivity contribution is 0.318. The Bertz CT molecular complexity index is 1080. The fourth-order valence-electron chi connectivity index (χ4n) is 3.17. The highest BCUT2D eigenvalue weighted by Crippen LogP contribution is 2.37. The van der Waals surface area contributed by atoms with E-state index in [1.165, 1.54) is 11.3 Å². The molecule has 1 aliphatic rings. The van der Waals surface area contributed by atoms with Crippen LogP contribution in [0, 0.1) is 5.41 Å². The van der Waals surface area contributed by atoms with Crippen LogP contribution in [-0.4, -0.2) is 29.1 Å². The third kappa shape index (κ3) is 3.86. The summed E-state index contributed by atoms with van der Waals surface area (Å²) in [6.07, 6.45) is 0.896. The molecule has 0 amide bonds. The van der Waals surface area contributed by atoms with Crippen molar-refractivity contribution in [1.29, 1.82) is 5.41 Å². The summed E-state index contributed by atoms with van der Waals surface area (Å²) in [5.74, 6) is 1.05. The summed E-state index contributed by atoms with van der Waals surface area (Å²) in [5.41, 5.74) is 2.96. The van der Waals surface area contributed by atoms with Gasteiger partial charge in [0.15, 0.2) is 0 Å². The standard InChI is InChI=1S/C22H20ClN3O2S/c1-2-11-28-19-6-4-3-5-17(19)26-12-18(27)20(21(26)24)22-25-16(13-29-22)14-7-9-15(23)10-8-14/h3-10,13,24,27H,2,11-12H2,1H3. The highest BCUT2D eigenvalue weighted by atomic mass is 35.5. The van der Waals surface area contributed by atoms with E-state index in [0.29, 0.717) is 28.0 Å². The number of hydrogen-bond donors (Lipinski definition) is 2. The number of hydrogen-bond acceptors (Lipinski definition) is 5. The predicted octanol–water partition coefficient (Wildman–Crippen LogP) is 6.02. The zero-order chi connectivity index (χ0) is 20.4. The van der Waals surface area contributed by atoms with Gasteiger partial charge in [-0.2, -0.15) is 0 Å². The number of amidine groups is 1. The second-order valence-electron chi connectivity index (χ2n) is 6.62. The van der Waals surface area contributed by atoms with Crippen molar-refractivity contribution in [3.8, 4) is 17.0 Å². The number of para-hydroxylation sites is 2. The summed E-state index contributed by atoms with van der Waals surface area (Å²) in [4.78, 5) is 6.40. The summed E-state index contributed by atoms with van der Waals surface area (Å²) >= 11 is 7.37. The summed E-state index contributed by atoms with van der Waals surface area (Å²) in [5, 5.41) is 22.5. The number of ether oxygens (including phenoxy) is 1. The number of anilines is 1. The monoisotopic (exact) mass is 425 g/mol. The Morgan fingerprint density at radius 3 is 2.72 bits per heavy atom. The highest BCUT2D eigenvalue weighted by Gasteiger charge is 2.32. The van der Waals surface area contributed by atoms with Crippen LogP contribution in [0.5, 0.6) is 5.75 Å². The molecule has 1 aromatic heterocycles. The van der Waals surface area contributed by atoms with E-state index in [-0.39, 0.29) is 18.1 Å². The first-order valence-electron chi connectivity index (χ1n) is 9.30. The molecule has 0 fully saturated rings. The maximum Gasteiger partial charge on any atom is 0.142 e. The Labute approximate surface area is 178 Å². The molecule has 3 aromatic rings. The van der Waals surface area contributed by atoms with Gasteiger partial charge in [-0.25, -0.2) is 4.98 Å². The van der Waals surface area contributed by atoms with E-state index >= 15 is 0 Å². The molecule has 2 aromatic carbocycles. The van der Waals surface area contributed by atoms with E-state index in [9.17, 15) is 5.11 Å². The van der Waals surface area contributed by atoms with Crippen LogP contribution < -0.4 is 9.64 Å². The molecular weight excluding hydrogens is 406 g/mol. The first-order valence-corrected chi connectivity index (χ1v) is 10.6. The second kappa shape index (κ2) is 8.27. The van der Waals surface area contributed by atoms with Crippen molar-refractivity contribution in [2.45, 2.75) is 13.3 Å². The summed E-state index contributed by atoms with van der Waals surface area (Å²) in [7, 11) is 0. The number of rotatable bonds is 6. The van der Waals surface area contributed by atoms with Crippen molar-refractivity contribution >= 4 is 40.0 Å². The van der Waals surface area contributed by atoms with Gasteiger partial charge in [0.2, 0.25) is 0 Å². The molecule has 0 spiro atoms. The topological polar surface area (TPSA) is 69.4 Å². The third-order valence-electron chi connectivity index (χ3n) is 4.58. The Hall–Kier alpha value is -2.83. The van der Waals surface area contributed by atoms with Crippen LogP contribution in [0.25, 0.3) is 16.8 Å². The van der Waals surface area contributed by atoms with Crippen molar-refractivity contribution in [2.75, 3.05) is 18.1 Å². The van der Waals surface area contributed by atoms with Crippen molar-refractivity contribution in [3.05, 3.63) is 69.7 Å². The van der Waals surface area contributed by atoms with Gasteiger partial charge in [-0.1, -0.05) is 42.8 Å². The fraction of sp³-hybridized carbons (Fsp3) is 0.182. The normalized spacial score (nSPS) is 14.0. The van der Waals surface area contributed by atoms with Crippen LogP contribution in [0.1, 0.15) is 18.4 Å². The molecule has 0 bridgehead atoms. The molecule has 2 N–H and O–H groups in total. The van der Waals surface area contributed by atoms with E-state index in [0.717, 1.165) is 23.4 Å². The number of aliphatic hydroxyl groups is 1. The van der Waals surface area contributed by atoms with Gasteiger partial charge in [-0.15, -0.1) is 11.3 Å². The zero-order valence-electron chi connectivity index (χ0n) is 15.9. The zero-order valence-corrected chi connectivity index (χ0v) is 17.4. The van der Waals surface area contributed by atoms with Crippen molar-refractivity contribution < 1.29 is 9.84 Å². The number of halogens is 1. The van der Waals surface area contributed by atoms with Gasteiger partial charge in [0.05, 0.1) is 30.1 Å². The van der Waals surface area contributed by atoms with Gasteiger partial charge in [0.25, 0.3) is 0 Å². The van der Waals surface area contributed by atoms with E-state index < -0.39 is 0 Å². The molecule has 2 heterocycles. The molecule has 0 radical (unpaired) electrons. The number of nitrogens with one attached hydrogen (secondary N) is 1. The van der Waals surface area contributed by atoms with Gasteiger partial charge in [-0.3, -0.25) is 5.41 Å². The molecule has 0 saturated carbocycles. The second-order valence-corrected chi connectivity index (χ2v) is 7.91. The molecule has 29 heavy (non-hydrogen) atoms. The molecule has 0 saturated heterocycles. The first kappa shape index (κ1) is 19.5. The molecule has 4 rings (SSSR count). The number of aliphatic hydroxyl groups excluding tert-OH is 1. The van der Waals surface area contributed by atoms with Gasteiger partial charge >= 0.3 is 0 Å². The van der Waals surface area contributed by atoms with Gasteiger partial charge in [-0.05, 0) is 30.7 Å². The summed E-state index contributed by atoms with van der Waals surface area (Å²) in [6.45, 7) is 2.87. The Morgan fingerprint density at radius 1 is 1.21 bits per heavy atom. The van der Waals surface area contributed by atoms with Crippen LogP contribution in [0.2, 0.25) is 5.02 Å².